The highest BCUT2D eigenvalue weighted by atomic mass is 32.2. The molecule has 0 heterocycles. The molecule has 0 aromatic carbocycles. The van der Waals surface area contributed by atoms with Gasteiger partial charge in [-0.25, -0.2) is 4.31 Å². The lowest BCUT2D eigenvalue weighted by molar-refractivity contribution is 0.312. The van der Waals surface area contributed by atoms with E-state index in [1.54, 1.807) is 0 Å². The lowest BCUT2D eigenvalue weighted by atomic mass is 10.2. The second-order valence-corrected chi connectivity index (χ2v) is 3.87. The SMILES string of the molecule is CCCCN(C(C)CC)S(=O)[O-]. The van der Waals surface area contributed by atoms with Gasteiger partial charge in [-0.2, -0.15) is 0 Å². The molecule has 0 fully saturated rings. The number of hydrogen-bond acceptors (Lipinski definition) is 2. The second-order valence-electron chi connectivity index (χ2n) is 2.97. The predicted octanol–water partition coefficient (Wildman–Crippen LogP) is 1.68. The molecule has 0 N–H and O–H groups in total. The van der Waals surface area contributed by atoms with Crippen molar-refractivity contribution >= 4 is 11.3 Å². The van der Waals surface area contributed by atoms with Gasteiger partial charge in [0.1, 0.15) is 0 Å². The van der Waals surface area contributed by atoms with Crippen molar-refractivity contribution in [2.75, 3.05) is 6.54 Å². The molecule has 3 nitrogen and oxygen atoms in total. The largest absolute Gasteiger partial charge is 0.760 e. The van der Waals surface area contributed by atoms with Gasteiger partial charge in [0.2, 0.25) is 0 Å². The molecule has 0 saturated heterocycles. The average Bonchev–Trinajstić information content (AvgIpc) is 2.04. The van der Waals surface area contributed by atoms with E-state index in [4.69, 9.17) is 0 Å². The summed E-state index contributed by atoms with van der Waals surface area (Å²) in [5.74, 6) is 0. The quantitative estimate of drug-likeness (QED) is 0.601. The minimum absolute atomic E-state index is 0.134. The summed E-state index contributed by atoms with van der Waals surface area (Å²) < 4.78 is 23.0. The Balaban J connectivity index is 3.94. The fraction of sp³-hybridized carbons (Fsp3) is 1.00. The summed E-state index contributed by atoms with van der Waals surface area (Å²) in [5.41, 5.74) is 0. The fourth-order valence-electron chi connectivity index (χ4n) is 0.959. The normalized spacial score (nSPS) is 16.4. The molecule has 0 aromatic rings. The lowest BCUT2D eigenvalue weighted by Crippen LogP contribution is -2.34. The Morgan fingerprint density at radius 3 is 2.42 bits per heavy atom. The van der Waals surface area contributed by atoms with E-state index in [1.807, 2.05) is 13.8 Å². The Hall–Kier alpha value is 0.0700. The molecular weight excluding hydrogens is 174 g/mol. The molecule has 0 rings (SSSR count). The average molecular weight is 192 g/mol. The third kappa shape index (κ3) is 4.18. The maximum Gasteiger partial charge on any atom is 0.0211 e. The highest BCUT2D eigenvalue weighted by Gasteiger charge is 2.11. The molecule has 0 aliphatic carbocycles. The van der Waals surface area contributed by atoms with Crippen LogP contribution in [0.25, 0.3) is 0 Å². The molecule has 4 heteroatoms. The third-order valence-electron chi connectivity index (χ3n) is 2.01. The number of rotatable bonds is 6. The van der Waals surface area contributed by atoms with Gasteiger partial charge in [0, 0.05) is 23.9 Å². The summed E-state index contributed by atoms with van der Waals surface area (Å²) in [6.45, 7) is 6.64. The molecule has 0 saturated carbocycles. The zero-order valence-electron chi connectivity index (χ0n) is 8.08. The first-order valence-electron chi connectivity index (χ1n) is 4.49. The molecular formula is C8H18NO2S-. The number of nitrogens with zero attached hydrogens (tertiary/aromatic N) is 1. The van der Waals surface area contributed by atoms with Crippen molar-refractivity contribution in [1.29, 1.82) is 0 Å². The Labute approximate surface area is 77.6 Å². The summed E-state index contributed by atoms with van der Waals surface area (Å²) >= 11 is -2.05. The van der Waals surface area contributed by atoms with E-state index >= 15 is 0 Å². The van der Waals surface area contributed by atoms with Crippen molar-refractivity contribution in [3.8, 4) is 0 Å². The molecule has 0 aliphatic heterocycles. The van der Waals surface area contributed by atoms with Crippen LogP contribution in [0.15, 0.2) is 0 Å². The van der Waals surface area contributed by atoms with Gasteiger partial charge < -0.3 is 4.55 Å². The van der Waals surface area contributed by atoms with Crippen LogP contribution in [-0.4, -0.2) is 25.7 Å². The molecule has 2 atom stereocenters. The smallest absolute Gasteiger partial charge is 0.0211 e. The highest BCUT2D eigenvalue weighted by Crippen LogP contribution is 2.07. The van der Waals surface area contributed by atoms with Gasteiger partial charge in [0.25, 0.3) is 0 Å². The monoisotopic (exact) mass is 192 g/mol. The fourth-order valence-corrected chi connectivity index (χ4v) is 1.68. The molecule has 0 radical (unpaired) electrons. The van der Waals surface area contributed by atoms with E-state index < -0.39 is 11.3 Å². The van der Waals surface area contributed by atoms with Crippen LogP contribution in [0.5, 0.6) is 0 Å². The van der Waals surface area contributed by atoms with E-state index in [0.717, 1.165) is 19.3 Å². The molecule has 74 valence electrons. The minimum atomic E-state index is -2.05. The van der Waals surface area contributed by atoms with Crippen LogP contribution in [0.3, 0.4) is 0 Å². The van der Waals surface area contributed by atoms with Crippen LogP contribution in [0.1, 0.15) is 40.0 Å². The van der Waals surface area contributed by atoms with Gasteiger partial charge in [0.05, 0.1) is 0 Å². The number of hydrogen-bond donors (Lipinski definition) is 0. The van der Waals surface area contributed by atoms with E-state index in [-0.39, 0.29) is 6.04 Å². The second kappa shape index (κ2) is 6.57. The standard InChI is InChI=1S/C8H19NO2S/c1-4-6-7-9(12(10)11)8(3)5-2/h8H,4-7H2,1-3H3,(H,10,11)/p-1. The van der Waals surface area contributed by atoms with Gasteiger partial charge in [-0.15, -0.1) is 0 Å². The molecule has 0 aliphatic rings. The van der Waals surface area contributed by atoms with Crippen molar-refractivity contribution in [3.05, 3.63) is 0 Å². The zero-order valence-corrected chi connectivity index (χ0v) is 8.89. The van der Waals surface area contributed by atoms with Crippen molar-refractivity contribution in [2.24, 2.45) is 0 Å². The zero-order chi connectivity index (χ0) is 9.56. The van der Waals surface area contributed by atoms with E-state index in [1.165, 1.54) is 4.31 Å². The Morgan fingerprint density at radius 2 is 2.08 bits per heavy atom. The van der Waals surface area contributed by atoms with Crippen molar-refractivity contribution in [1.82, 2.24) is 4.31 Å². The molecule has 0 amide bonds. The van der Waals surface area contributed by atoms with E-state index in [2.05, 4.69) is 6.92 Å². The molecule has 0 bridgehead atoms. The molecule has 0 aromatic heterocycles. The maximum atomic E-state index is 10.7. The Kier molecular flexibility index (Phi) is 6.61. The van der Waals surface area contributed by atoms with Crippen LogP contribution >= 0.6 is 0 Å². The Morgan fingerprint density at radius 1 is 1.50 bits per heavy atom. The lowest BCUT2D eigenvalue weighted by Gasteiger charge is -2.29. The summed E-state index contributed by atoms with van der Waals surface area (Å²) in [6.07, 6.45) is 2.85. The van der Waals surface area contributed by atoms with Gasteiger partial charge in [-0.1, -0.05) is 20.3 Å². The third-order valence-corrected chi connectivity index (χ3v) is 2.93. The first kappa shape index (κ1) is 12.1. The van der Waals surface area contributed by atoms with Gasteiger partial charge in [-0.3, -0.25) is 4.21 Å². The highest BCUT2D eigenvalue weighted by molar-refractivity contribution is 7.76. The van der Waals surface area contributed by atoms with Gasteiger partial charge >= 0.3 is 0 Å². The van der Waals surface area contributed by atoms with Crippen molar-refractivity contribution < 1.29 is 8.76 Å². The summed E-state index contributed by atoms with van der Waals surface area (Å²) in [7, 11) is 0. The van der Waals surface area contributed by atoms with E-state index in [9.17, 15) is 8.76 Å². The van der Waals surface area contributed by atoms with Gasteiger partial charge in [0.15, 0.2) is 0 Å². The number of unbranched alkanes of at least 4 members (excludes halogenated alkanes) is 1. The van der Waals surface area contributed by atoms with Crippen molar-refractivity contribution in [3.63, 3.8) is 0 Å². The molecule has 12 heavy (non-hydrogen) atoms. The maximum absolute atomic E-state index is 10.7. The van der Waals surface area contributed by atoms with E-state index in [0.29, 0.717) is 6.54 Å². The van der Waals surface area contributed by atoms with Gasteiger partial charge in [-0.05, 0) is 19.8 Å². The summed E-state index contributed by atoms with van der Waals surface area (Å²) in [4.78, 5) is 0. The first-order valence-corrected chi connectivity index (χ1v) is 5.52. The predicted molar refractivity (Wildman–Crippen MR) is 50.3 cm³/mol. The van der Waals surface area contributed by atoms with Crippen LogP contribution in [0.4, 0.5) is 0 Å². The van der Waals surface area contributed by atoms with Crippen LogP contribution in [-0.2, 0) is 11.3 Å². The summed E-state index contributed by atoms with van der Waals surface area (Å²) in [6, 6.07) is 0.134. The van der Waals surface area contributed by atoms with Crippen LogP contribution < -0.4 is 0 Å². The molecule has 0 spiro atoms. The minimum Gasteiger partial charge on any atom is -0.760 e. The topological polar surface area (TPSA) is 43.4 Å². The van der Waals surface area contributed by atoms with Crippen LogP contribution in [0.2, 0.25) is 0 Å². The molecule has 2 unspecified atom stereocenters. The van der Waals surface area contributed by atoms with Crippen LogP contribution in [0, 0.1) is 0 Å². The summed E-state index contributed by atoms with van der Waals surface area (Å²) in [5, 5.41) is 0. The Bertz CT molecular complexity index is 141. The first-order chi connectivity index (χ1) is 5.63. The van der Waals surface area contributed by atoms with Crippen molar-refractivity contribution in [2.45, 2.75) is 46.1 Å².